The lowest BCUT2D eigenvalue weighted by atomic mass is 10.1. The topological polar surface area (TPSA) is 29.0 Å². The van der Waals surface area contributed by atoms with E-state index in [0.29, 0.717) is 10.9 Å². The van der Waals surface area contributed by atoms with Crippen LogP contribution in [0.3, 0.4) is 0 Å². The molecule has 1 aromatic heterocycles. The van der Waals surface area contributed by atoms with E-state index in [2.05, 4.69) is 63.9 Å². The van der Waals surface area contributed by atoms with E-state index in [1.807, 2.05) is 0 Å². The van der Waals surface area contributed by atoms with Gasteiger partial charge in [0.15, 0.2) is 0 Å². The molecule has 0 N–H and O–H groups in total. The highest BCUT2D eigenvalue weighted by Crippen LogP contribution is 2.29. The smallest absolute Gasteiger partial charge is 0.139 e. The van der Waals surface area contributed by atoms with Gasteiger partial charge in [0, 0.05) is 29.2 Å². The Kier molecular flexibility index (Phi) is 3.85. The van der Waals surface area contributed by atoms with Gasteiger partial charge in [-0.25, -0.2) is 0 Å². The SMILES string of the molecule is CCN(Cc1nnsc1Cl)c1cccc2ccccc12. The van der Waals surface area contributed by atoms with E-state index in [4.69, 9.17) is 11.6 Å². The largest absolute Gasteiger partial charge is 0.365 e. The third-order valence-corrected chi connectivity index (χ3v) is 4.32. The van der Waals surface area contributed by atoms with Gasteiger partial charge in [0.1, 0.15) is 10.0 Å². The van der Waals surface area contributed by atoms with Crippen LogP contribution in [0.4, 0.5) is 5.69 Å². The van der Waals surface area contributed by atoms with Gasteiger partial charge < -0.3 is 4.90 Å². The van der Waals surface area contributed by atoms with Crippen molar-refractivity contribution in [2.45, 2.75) is 13.5 Å². The van der Waals surface area contributed by atoms with Gasteiger partial charge >= 0.3 is 0 Å². The highest BCUT2D eigenvalue weighted by molar-refractivity contribution is 7.10. The maximum absolute atomic E-state index is 6.11. The van der Waals surface area contributed by atoms with Crippen LogP contribution in [-0.2, 0) is 6.54 Å². The predicted octanol–water partition coefficient (Wildman–Crippen LogP) is 4.37. The zero-order valence-electron chi connectivity index (χ0n) is 11.1. The van der Waals surface area contributed by atoms with Gasteiger partial charge in [-0.2, -0.15) is 0 Å². The zero-order chi connectivity index (χ0) is 13.9. The Morgan fingerprint density at radius 3 is 2.70 bits per heavy atom. The molecule has 1 heterocycles. The van der Waals surface area contributed by atoms with E-state index in [9.17, 15) is 0 Å². The molecule has 0 saturated heterocycles. The second kappa shape index (κ2) is 5.77. The Hall–Kier alpha value is -1.65. The van der Waals surface area contributed by atoms with Gasteiger partial charge in [-0.1, -0.05) is 52.5 Å². The normalized spacial score (nSPS) is 10.9. The molecule has 20 heavy (non-hydrogen) atoms. The maximum atomic E-state index is 6.11. The van der Waals surface area contributed by atoms with Crippen molar-refractivity contribution in [2.24, 2.45) is 0 Å². The molecule has 3 nitrogen and oxygen atoms in total. The van der Waals surface area contributed by atoms with E-state index in [1.54, 1.807) is 0 Å². The molecule has 0 bridgehead atoms. The molecule has 0 aliphatic heterocycles. The highest BCUT2D eigenvalue weighted by atomic mass is 35.5. The molecule has 0 amide bonds. The molecule has 0 unspecified atom stereocenters. The summed E-state index contributed by atoms with van der Waals surface area (Å²) in [6.07, 6.45) is 0. The summed E-state index contributed by atoms with van der Waals surface area (Å²) in [5.41, 5.74) is 2.04. The molecule has 3 rings (SSSR count). The molecule has 5 heteroatoms. The number of fused-ring (bicyclic) bond motifs is 1. The maximum Gasteiger partial charge on any atom is 0.139 e. The van der Waals surface area contributed by atoms with Crippen LogP contribution in [0.25, 0.3) is 10.8 Å². The van der Waals surface area contributed by atoms with Crippen molar-refractivity contribution in [1.29, 1.82) is 0 Å². The Labute approximate surface area is 127 Å². The van der Waals surface area contributed by atoms with Crippen LogP contribution in [0, 0.1) is 0 Å². The van der Waals surface area contributed by atoms with Crippen molar-refractivity contribution in [1.82, 2.24) is 9.59 Å². The molecule has 0 radical (unpaired) electrons. The van der Waals surface area contributed by atoms with Gasteiger partial charge in [-0.3, -0.25) is 0 Å². The summed E-state index contributed by atoms with van der Waals surface area (Å²) >= 11 is 7.35. The number of rotatable bonds is 4. The minimum Gasteiger partial charge on any atom is -0.365 e. The van der Waals surface area contributed by atoms with Crippen LogP contribution in [0.15, 0.2) is 42.5 Å². The van der Waals surface area contributed by atoms with Crippen molar-refractivity contribution in [2.75, 3.05) is 11.4 Å². The number of hydrogen-bond acceptors (Lipinski definition) is 4. The fourth-order valence-electron chi connectivity index (χ4n) is 2.32. The van der Waals surface area contributed by atoms with E-state index >= 15 is 0 Å². The number of hydrogen-bond donors (Lipinski definition) is 0. The number of aromatic nitrogens is 2. The first kappa shape index (κ1) is 13.3. The van der Waals surface area contributed by atoms with Crippen LogP contribution in [0.1, 0.15) is 12.6 Å². The van der Waals surface area contributed by atoms with Crippen molar-refractivity contribution in [3.63, 3.8) is 0 Å². The molecule has 3 aromatic rings. The van der Waals surface area contributed by atoms with Gasteiger partial charge in [0.05, 0.1) is 6.54 Å². The van der Waals surface area contributed by atoms with E-state index in [-0.39, 0.29) is 0 Å². The van der Waals surface area contributed by atoms with Gasteiger partial charge in [-0.15, -0.1) is 5.10 Å². The molecule has 0 atom stereocenters. The Morgan fingerprint density at radius 1 is 1.15 bits per heavy atom. The highest BCUT2D eigenvalue weighted by Gasteiger charge is 2.13. The van der Waals surface area contributed by atoms with Gasteiger partial charge in [-0.05, 0) is 18.4 Å². The summed E-state index contributed by atoms with van der Waals surface area (Å²) in [6, 6.07) is 14.8. The lowest BCUT2D eigenvalue weighted by molar-refractivity contribution is 0.807. The second-order valence-electron chi connectivity index (χ2n) is 4.51. The Bertz CT molecular complexity index is 720. The van der Waals surface area contributed by atoms with Crippen molar-refractivity contribution in [3.05, 3.63) is 52.5 Å². The average molecular weight is 304 g/mol. The fraction of sp³-hybridized carbons (Fsp3) is 0.200. The van der Waals surface area contributed by atoms with E-state index < -0.39 is 0 Å². The van der Waals surface area contributed by atoms with Crippen LogP contribution >= 0.6 is 23.1 Å². The standard InChI is InChI=1S/C15H14ClN3S/c1-2-19(10-13-15(16)20-18-17-13)14-9-5-7-11-6-3-4-8-12(11)14/h3-9H,2,10H2,1H3. The number of nitrogens with zero attached hydrogens (tertiary/aromatic N) is 3. The molecule has 2 aromatic carbocycles. The molecular formula is C15H14ClN3S. The summed E-state index contributed by atoms with van der Waals surface area (Å²) < 4.78 is 4.57. The molecule has 0 spiro atoms. The van der Waals surface area contributed by atoms with Crippen LogP contribution in [0.5, 0.6) is 0 Å². The Morgan fingerprint density at radius 2 is 1.95 bits per heavy atom. The number of anilines is 1. The summed E-state index contributed by atoms with van der Waals surface area (Å²) in [6.45, 7) is 3.71. The quantitative estimate of drug-likeness (QED) is 0.716. The third-order valence-electron chi connectivity index (χ3n) is 3.34. The zero-order valence-corrected chi connectivity index (χ0v) is 12.7. The fourth-order valence-corrected chi connectivity index (χ4v) is 2.94. The first-order valence-corrected chi connectivity index (χ1v) is 7.64. The Balaban J connectivity index is 2.01. The van der Waals surface area contributed by atoms with Crippen LogP contribution in [-0.4, -0.2) is 16.1 Å². The van der Waals surface area contributed by atoms with E-state index in [0.717, 1.165) is 12.2 Å². The molecule has 0 fully saturated rings. The van der Waals surface area contributed by atoms with Crippen molar-refractivity contribution in [3.8, 4) is 0 Å². The number of halogens is 1. The van der Waals surface area contributed by atoms with Crippen LogP contribution < -0.4 is 4.90 Å². The molecule has 0 saturated carbocycles. The first-order chi connectivity index (χ1) is 9.79. The summed E-state index contributed by atoms with van der Waals surface area (Å²) in [7, 11) is 0. The second-order valence-corrected chi connectivity index (χ2v) is 5.86. The molecule has 102 valence electrons. The summed E-state index contributed by atoms with van der Waals surface area (Å²) in [5, 5.41) is 6.59. The van der Waals surface area contributed by atoms with Crippen molar-refractivity contribution >= 4 is 39.6 Å². The monoisotopic (exact) mass is 303 g/mol. The minimum atomic E-state index is 0.670. The van der Waals surface area contributed by atoms with Gasteiger partial charge in [0.25, 0.3) is 0 Å². The minimum absolute atomic E-state index is 0.670. The average Bonchev–Trinajstić information content (AvgIpc) is 2.89. The van der Waals surface area contributed by atoms with Crippen molar-refractivity contribution < 1.29 is 0 Å². The van der Waals surface area contributed by atoms with Gasteiger partial charge in [0.2, 0.25) is 0 Å². The third kappa shape index (κ3) is 2.49. The lowest BCUT2D eigenvalue weighted by Crippen LogP contribution is -2.22. The number of benzene rings is 2. The first-order valence-electron chi connectivity index (χ1n) is 6.49. The summed E-state index contributed by atoms with van der Waals surface area (Å²) in [5.74, 6) is 0. The predicted molar refractivity (Wildman–Crippen MR) is 85.6 cm³/mol. The van der Waals surface area contributed by atoms with Crippen LogP contribution in [0.2, 0.25) is 4.34 Å². The molecular weight excluding hydrogens is 290 g/mol. The van der Waals surface area contributed by atoms with E-state index in [1.165, 1.54) is 28.0 Å². The molecule has 0 aliphatic carbocycles. The molecule has 0 aliphatic rings. The summed E-state index contributed by atoms with van der Waals surface area (Å²) in [4.78, 5) is 2.27. The lowest BCUT2D eigenvalue weighted by Gasteiger charge is -2.23.